The number of carbonyl (C=O) groups excluding carboxylic acids is 1. The number of ether oxygens (including phenoxy) is 1. The fourth-order valence-corrected chi connectivity index (χ4v) is 3.88. The van der Waals surface area contributed by atoms with Crippen LogP contribution in [0.3, 0.4) is 0 Å². The lowest BCUT2D eigenvalue weighted by Crippen LogP contribution is -2.39. The van der Waals surface area contributed by atoms with Gasteiger partial charge in [0, 0.05) is 48.0 Å². The zero-order valence-corrected chi connectivity index (χ0v) is 18.1. The average Bonchev–Trinajstić information content (AvgIpc) is 2.79. The molecule has 0 bridgehead atoms. The molecule has 1 aliphatic rings. The van der Waals surface area contributed by atoms with Gasteiger partial charge < -0.3 is 15.0 Å². The molecule has 1 N–H and O–H groups in total. The number of aryl methyl sites for hydroxylation is 2. The molecular formula is C24H27N5O2. The van der Waals surface area contributed by atoms with Crippen LogP contribution in [0.5, 0.6) is 5.75 Å². The first-order chi connectivity index (χ1) is 15.0. The number of hydrogen-bond acceptors (Lipinski definition) is 6. The molecular weight excluding hydrogens is 390 g/mol. The maximum atomic E-state index is 12.9. The van der Waals surface area contributed by atoms with Crippen LogP contribution in [0.1, 0.15) is 46.3 Å². The van der Waals surface area contributed by atoms with Crippen LogP contribution in [-0.2, 0) is 0 Å². The quantitative estimate of drug-likeness (QED) is 0.668. The van der Waals surface area contributed by atoms with Crippen molar-refractivity contribution in [2.45, 2.75) is 32.6 Å². The molecule has 0 radical (unpaired) electrons. The number of nitrogens with zero attached hydrogens (tertiary/aromatic N) is 4. The molecule has 3 heterocycles. The summed E-state index contributed by atoms with van der Waals surface area (Å²) < 4.78 is 5.23. The van der Waals surface area contributed by atoms with E-state index in [1.54, 1.807) is 19.5 Å². The smallest absolute Gasteiger partial charge is 0.274 e. The number of hydrogen-bond donors (Lipinski definition) is 1. The monoisotopic (exact) mass is 417 g/mol. The molecule has 0 aliphatic carbocycles. The van der Waals surface area contributed by atoms with E-state index in [0.29, 0.717) is 12.2 Å². The number of rotatable bonds is 5. The number of aromatic nitrogens is 3. The first-order valence-electron chi connectivity index (χ1n) is 10.5. The average molecular weight is 418 g/mol. The summed E-state index contributed by atoms with van der Waals surface area (Å²) in [6, 6.07) is 11.9. The minimum atomic E-state index is -0.0681. The number of anilines is 2. The van der Waals surface area contributed by atoms with Crippen molar-refractivity contribution in [2.75, 3.05) is 25.5 Å². The highest BCUT2D eigenvalue weighted by Crippen LogP contribution is 2.29. The summed E-state index contributed by atoms with van der Waals surface area (Å²) in [5, 5.41) is 3.45. The Kier molecular flexibility index (Phi) is 6.11. The Bertz CT molecular complexity index is 1050. The van der Waals surface area contributed by atoms with Gasteiger partial charge in [0.05, 0.1) is 19.0 Å². The van der Waals surface area contributed by atoms with Crippen molar-refractivity contribution in [3.8, 4) is 5.75 Å². The van der Waals surface area contributed by atoms with Gasteiger partial charge in [0.15, 0.2) is 0 Å². The molecule has 1 aromatic carbocycles. The van der Waals surface area contributed by atoms with Crippen molar-refractivity contribution < 1.29 is 9.53 Å². The highest BCUT2D eigenvalue weighted by molar-refractivity contribution is 5.92. The summed E-state index contributed by atoms with van der Waals surface area (Å²) in [7, 11) is 1.66. The maximum Gasteiger partial charge on any atom is 0.274 e. The second-order valence-electron chi connectivity index (χ2n) is 7.91. The van der Waals surface area contributed by atoms with Crippen LogP contribution in [0.2, 0.25) is 0 Å². The lowest BCUT2D eigenvalue weighted by Gasteiger charge is -2.32. The molecule has 1 amide bonds. The lowest BCUT2D eigenvalue weighted by atomic mass is 9.93. The van der Waals surface area contributed by atoms with E-state index in [1.165, 1.54) is 0 Å². The SMILES string of the molecule is COc1ccc(Nc2cc(C)nc(C3CCCN(C(=O)c4cnc(C)cn4)C3)c2)cc1. The van der Waals surface area contributed by atoms with Gasteiger partial charge in [-0.3, -0.25) is 14.8 Å². The van der Waals surface area contributed by atoms with Gasteiger partial charge in [0.2, 0.25) is 0 Å². The predicted octanol–water partition coefficient (Wildman–Crippen LogP) is 4.26. The molecule has 1 fully saturated rings. The summed E-state index contributed by atoms with van der Waals surface area (Å²) in [4.78, 5) is 28.0. The van der Waals surface area contributed by atoms with Crippen molar-refractivity contribution in [1.82, 2.24) is 19.9 Å². The molecule has 0 saturated carbocycles. The minimum absolute atomic E-state index is 0.0681. The van der Waals surface area contributed by atoms with Gasteiger partial charge >= 0.3 is 0 Å². The van der Waals surface area contributed by atoms with Crippen molar-refractivity contribution in [1.29, 1.82) is 0 Å². The van der Waals surface area contributed by atoms with E-state index in [9.17, 15) is 4.79 Å². The first-order valence-corrected chi connectivity index (χ1v) is 10.5. The zero-order valence-electron chi connectivity index (χ0n) is 18.1. The van der Waals surface area contributed by atoms with Gasteiger partial charge in [0.1, 0.15) is 11.4 Å². The molecule has 1 unspecified atom stereocenters. The molecule has 3 aromatic rings. The fraction of sp³-hybridized carbons (Fsp3) is 0.333. The molecule has 7 heteroatoms. The van der Waals surface area contributed by atoms with Crippen molar-refractivity contribution in [2.24, 2.45) is 0 Å². The van der Waals surface area contributed by atoms with Crippen LogP contribution in [0.4, 0.5) is 11.4 Å². The fourth-order valence-electron chi connectivity index (χ4n) is 3.88. The Labute approximate surface area is 182 Å². The predicted molar refractivity (Wildman–Crippen MR) is 120 cm³/mol. The van der Waals surface area contributed by atoms with Crippen LogP contribution in [-0.4, -0.2) is 46.0 Å². The van der Waals surface area contributed by atoms with Crippen LogP contribution in [0.15, 0.2) is 48.8 Å². The Morgan fingerprint density at radius 2 is 1.87 bits per heavy atom. The van der Waals surface area contributed by atoms with E-state index in [-0.39, 0.29) is 11.8 Å². The van der Waals surface area contributed by atoms with E-state index in [2.05, 4.69) is 21.4 Å². The Morgan fingerprint density at radius 1 is 1.06 bits per heavy atom. The highest BCUT2D eigenvalue weighted by atomic mass is 16.5. The van der Waals surface area contributed by atoms with Crippen LogP contribution < -0.4 is 10.1 Å². The Hall–Kier alpha value is -3.48. The van der Waals surface area contributed by atoms with Crippen molar-refractivity contribution in [3.63, 3.8) is 0 Å². The largest absolute Gasteiger partial charge is 0.497 e. The molecule has 1 atom stereocenters. The molecule has 0 spiro atoms. The Morgan fingerprint density at radius 3 is 2.58 bits per heavy atom. The summed E-state index contributed by atoms with van der Waals surface area (Å²) in [5.74, 6) is 0.941. The zero-order chi connectivity index (χ0) is 21.8. The van der Waals surface area contributed by atoms with Gasteiger partial charge in [-0.05, 0) is 63.1 Å². The van der Waals surface area contributed by atoms with E-state index in [1.807, 2.05) is 49.1 Å². The first kappa shape index (κ1) is 20.8. The third-order valence-electron chi connectivity index (χ3n) is 5.48. The second-order valence-corrected chi connectivity index (χ2v) is 7.91. The van der Waals surface area contributed by atoms with Crippen LogP contribution in [0, 0.1) is 13.8 Å². The number of likely N-dealkylation sites (tertiary alicyclic amines) is 1. The number of piperidine rings is 1. The van der Waals surface area contributed by atoms with Crippen molar-refractivity contribution >= 4 is 17.3 Å². The molecule has 2 aromatic heterocycles. The normalized spacial score (nSPS) is 16.1. The molecule has 1 saturated heterocycles. The Balaban J connectivity index is 1.50. The lowest BCUT2D eigenvalue weighted by molar-refractivity contribution is 0.0699. The summed E-state index contributed by atoms with van der Waals surface area (Å²) in [6.07, 6.45) is 5.13. The number of methoxy groups -OCH3 is 1. The molecule has 31 heavy (non-hydrogen) atoms. The third-order valence-corrected chi connectivity index (χ3v) is 5.48. The van der Waals surface area contributed by atoms with E-state index in [0.717, 1.165) is 53.6 Å². The third kappa shape index (κ3) is 4.99. The van der Waals surface area contributed by atoms with E-state index < -0.39 is 0 Å². The van der Waals surface area contributed by atoms with Crippen LogP contribution in [0.25, 0.3) is 0 Å². The topological polar surface area (TPSA) is 80.2 Å². The van der Waals surface area contributed by atoms with E-state index in [4.69, 9.17) is 9.72 Å². The standard InChI is InChI=1S/C24H27N5O2/c1-16-11-20(28-19-6-8-21(31-3)9-7-19)12-22(27-16)18-5-4-10-29(15-18)24(30)23-14-25-17(2)13-26-23/h6-9,11-14,18H,4-5,10,15H2,1-3H3,(H,27,28). The molecule has 160 valence electrons. The molecule has 1 aliphatic heterocycles. The number of carbonyl (C=O) groups is 1. The maximum absolute atomic E-state index is 12.9. The number of benzene rings is 1. The number of pyridine rings is 1. The second kappa shape index (κ2) is 9.12. The minimum Gasteiger partial charge on any atom is -0.497 e. The molecule has 4 rings (SSSR count). The number of nitrogens with one attached hydrogen (secondary N) is 1. The van der Waals surface area contributed by atoms with E-state index >= 15 is 0 Å². The van der Waals surface area contributed by atoms with Gasteiger partial charge in [-0.1, -0.05) is 0 Å². The van der Waals surface area contributed by atoms with Gasteiger partial charge in [0.25, 0.3) is 5.91 Å². The van der Waals surface area contributed by atoms with Crippen molar-refractivity contribution in [3.05, 3.63) is 71.6 Å². The molecule has 7 nitrogen and oxygen atoms in total. The van der Waals surface area contributed by atoms with Gasteiger partial charge in [-0.25, -0.2) is 4.98 Å². The van der Waals surface area contributed by atoms with Crippen LogP contribution >= 0.6 is 0 Å². The number of amides is 1. The summed E-state index contributed by atoms with van der Waals surface area (Å²) >= 11 is 0. The van der Waals surface area contributed by atoms with Gasteiger partial charge in [-0.15, -0.1) is 0 Å². The summed E-state index contributed by atoms with van der Waals surface area (Å²) in [5.41, 5.74) is 5.11. The van der Waals surface area contributed by atoms with Gasteiger partial charge in [-0.2, -0.15) is 0 Å². The summed E-state index contributed by atoms with van der Waals surface area (Å²) in [6.45, 7) is 5.22. The highest BCUT2D eigenvalue weighted by Gasteiger charge is 2.27.